The lowest BCUT2D eigenvalue weighted by Gasteiger charge is -2.12. The van der Waals surface area contributed by atoms with Crippen molar-refractivity contribution >= 4 is 41.5 Å². The van der Waals surface area contributed by atoms with E-state index >= 15 is 0 Å². The summed E-state index contributed by atoms with van der Waals surface area (Å²) in [6, 6.07) is 7.14. The van der Waals surface area contributed by atoms with Crippen molar-refractivity contribution in [3.8, 4) is 5.75 Å². The molecule has 0 aliphatic rings. The maximum atomic E-state index is 5.74. The first-order valence-corrected chi connectivity index (χ1v) is 4.93. The maximum absolute atomic E-state index is 5.74. The van der Waals surface area contributed by atoms with Crippen LogP contribution in [0.1, 0.15) is 6.92 Å². The van der Waals surface area contributed by atoms with Crippen LogP contribution in [0.4, 0.5) is 0 Å². The summed E-state index contributed by atoms with van der Waals surface area (Å²) >= 11 is 5.74. The van der Waals surface area contributed by atoms with Gasteiger partial charge in [0.25, 0.3) is 0 Å². The molecule has 1 rings (SSSR count). The molecular formula is C10H15ClIN3O. The fourth-order valence-electron chi connectivity index (χ4n) is 1.02. The molecule has 16 heavy (non-hydrogen) atoms. The standard InChI is InChI=1S/C10H14ClN3O.HI/c1-7(6-14-10(12)13)15-9-4-2-8(11)3-5-9;/h2-5,7H,6H2,1H3,(H4,12,13,14);1H. The zero-order chi connectivity index (χ0) is 11.3. The first kappa shape index (κ1) is 15.3. The first-order chi connectivity index (χ1) is 7.08. The molecule has 0 heterocycles. The van der Waals surface area contributed by atoms with Crippen LogP contribution < -0.4 is 16.2 Å². The number of ether oxygens (including phenoxy) is 1. The fraction of sp³-hybridized carbons (Fsp3) is 0.300. The Morgan fingerprint density at radius 1 is 1.38 bits per heavy atom. The zero-order valence-corrected chi connectivity index (χ0v) is 12.0. The van der Waals surface area contributed by atoms with Crippen LogP contribution in [0.5, 0.6) is 5.75 Å². The number of nitrogens with zero attached hydrogens (tertiary/aromatic N) is 1. The van der Waals surface area contributed by atoms with E-state index in [1.165, 1.54) is 0 Å². The second-order valence-electron chi connectivity index (χ2n) is 3.15. The van der Waals surface area contributed by atoms with Crippen LogP contribution in [0.15, 0.2) is 29.3 Å². The summed E-state index contributed by atoms with van der Waals surface area (Å²) in [6.45, 7) is 2.33. The molecule has 90 valence electrons. The molecule has 0 bridgehead atoms. The number of rotatable bonds is 4. The average molecular weight is 356 g/mol. The second-order valence-corrected chi connectivity index (χ2v) is 3.58. The van der Waals surface area contributed by atoms with Crippen LogP contribution in [-0.2, 0) is 0 Å². The predicted molar refractivity (Wildman–Crippen MR) is 77.6 cm³/mol. The van der Waals surface area contributed by atoms with Gasteiger partial charge in [-0.25, -0.2) is 4.99 Å². The van der Waals surface area contributed by atoms with E-state index in [0.29, 0.717) is 11.6 Å². The molecule has 0 aliphatic heterocycles. The van der Waals surface area contributed by atoms with Crippen molar-refractivity contribution in [2.24, 2.45) is 16.5 Å². The van der Waals surface area contributed by atoms with Crippen LogP contribution in [0.3, 0.4) is 0 Å². The Morgan fingerprint density at radius 2 is 1.94 bits per heavy atom. The third kappa shape index (κ3) is 6.02. The van der Waals surface area contributed by atoms with Crippen molar-refractivity contribution in [3.63, 3.8) is 0 Å². The van der Waals surface area contributed by atoms with Crippen molar-refractivity contribution in [2.45, 2.75) is 13.0 Å². The van der Waals surface area contributed by atoms with E-state index in [1.807, 2.05) is 6.92 Å². The molecule has 0 saturated carbocycles. The molecule has 6 heteroatoms. The van der Waals surface area contributed by atoms with E-state index in [-0.39, 0.29) is 36.0 Å². The Morgan fingerprint density at radius 3 is 2.44 bits per heavy atom. The molecule has 1 aromatic rings. The quantitative estimate of drug-likeness (QED) is 0.493. The van der Waals surface area contributed by atoms with E-state index in [9.17, 15) is 0 Å². The number of halogens is 2. The van der Waals surface area contributed by atoms with Gasteiger partial charge in [-0.2, -0.15) is 0 Å². The van der Waals surface area contributed by atoms with E-state index < -0.39 is 0 Å². The van der Waals surface area contributed by atoms with E-state index in [1.54, 1.807) is 24.3 Å². The highest BCUT2D eigenvalue weighted by molar-refractivity contribution is 14.0. The average Bonchev–Trinajstić information content (AvgIpc) is 2.19. The molecule has 0 aliphatic carbocycles. The van der Waals surface area contributed by atoms with Gasteiger partial charge in [-0.15, -0.1) is 24.0 Å². The first-order valence-electron chi connectivity index (χ1n) is 4.55. The molecule has 0 radical (unpaired) electrons. The molecular weight excluding hydrogens is 340 g/mol. The van der Waals surface area contributed by atoms with Crippen molar-refractivity contribution in [1.82, 2.24) is 0 Å². The molecule has 0 amide bonds. The summed E-state index contributed by atoms with van der Waals surface area (Å²) in [4.78, 5) is 3.86. The highest BCUT2D eigenvalue weighted by atomic mass is 127. The number of benzene rings is 1. The largest absolute Gasteiger partial charge is 0.489 e. The lowest BCUT2D eigenvalue weighted by molar-refractivity contribution is 0.230. The summed E-state index contributed by atoms with van der Waals surface area (Å²) in [5.74, 6) is 0.819. The summed E-state index contributed by atoms with van der Waals surface area (Å²) in [6.07, 6.45) is -0.0757. The molecule has 0 aromatic heterocycles. The fourth-order valence-corrected chi connectivity index (χ4v) is 1.14. The molecule has 1 unspecified atom stereocenters. The Hall–Kier alpha value is -0.690. The predicted octanol–water partition coefficient (Wildman–Crippen LogP) is 2.00. The molecule has 4 nitrogen and oxygen atoms in total. The molecule has 4 N–H and O–H groups in total. The minimum atomic E-state index is -0.0757. The Kier molecular flexibility index (Phi) is 7.24. The van der Waals surface area contributed by atoms with Gasteiger partial charge in [-0.05, 0) is 31.2 Å². The third-order valence-electron chi connectivity index (χ3n) is 1.68. The Labute approximate surface area is 117 Å². The summed E-state index contributed by atoms with van der Waals surface area (Å²) in [7, 11) is 0. The lowest BCUT2D eigenvalue weighted by Crippen LogP contribution is -2.26. The smallest absolute Gasteiger partial charge is 0.186 e. The zero-order valence-electron chi connectivity index (χ0n) is 8.89. The molecule has 1 aromatic carbocycles. The summed E-state index contributed by atoms with van der Waals surface area (Å²) in [5, 5.41) is 0.680. The Bertz CT molecular complexity index is 338. The monoisotopic (exact) mass is 355 g/mol. The van der Waals surface area contributed by atoms with E-state index in [4.69, 9.17) is 27.8 Å². The lowest BCUT2D eigenvalue weighted by atomic mass is 10.3. The number of guanidine groups is 1. The van der Waals surface area contributed by atoms with Crippen molar-refractivity contribution in [2.75, 3.05) is 6.54 Å². The van der Waals surface area contributed by atoms with Gasteiger partial charge in [0.05, 0.1) is 6.54 Å². The van der Waals surface area contributed by atoms with Crippen LogP contribution in [0, 0.1) is 0 Å². The van der Waals surface area contributed by atoms with Crippen molar-refractivity contribution in [1.29, 1.82) is 0 Å². The Balaban J connectivity index is 0.00000225. The van der Waals surface area contributed by atoms with Gasteiger partial charge in [0.2, 0.25) is 0 Å². The molecule has 0 fully saturated rings. The number of aliphatic imine (C=N–C) groups is 1. The van der Waals surface area contributed by atoms with Gasteiger partial charge in [0.1, 0.15) is 11.9 Å². The maximum Gasteiger partial charge on any atom is 0.186 e. The molecule has 0 saturated heterocycles. The third-order valence-corrected chi connectivity index (χ3v) is 1.93. The molecule has 0 spiro atoms. The SMILES string of the molecule is CC(CN=C(N)N)Oc1ccc(Cl)cc1.I. The minimum absolute atomic E-state index is 0. The second kappa shape index (κ2) is 7.56. The van der Waals surface area contributed by atoms with Gasteiger partial charge >= 0.3 is 0 Å². The van der Waals surface area contributed by atoms with Gasteiger partial charge in [-0.3, -0.25) is 0 Å². The van der Waals surface area contributed by atoms with Gasteiger partial charge in [-0.1, -0.05) is 11.6 Å². The highest BCUT2D eigenvalue weighted by Crippen LogP contribution is 2.16. The van der Waals surface area contributed by atoms with Gasteiger partial charge in [0, 0.05) is 5.02 Å². The van der Waals surface area contributed by atoms with Gasteiger partial charge < -0.3 is 16.2 Å². The van der Waals surface area contributed by atoms with Gasteiger partial charge in [0.15, 0.2) is 5.96 Å². The number of nitrogens with two attached hydrogens (primary N) is 2. The van der Waals surface area contributed by atoms with Crippen LogP contribution in [0.25, 0.3) is 0 Å². The van der Waals surface area contributed by atoms with Crippen molar-refractivity contribution in [3.05, 3.63) is 29.3 Å². The van der Waals surface area contributed by atoms with Crippen LogP contribution >= 0.6 is 35.6 Å². The normalized spacial score (nSPS) is 11.1. The highest BCUT2D eigenvalue weighted by Gasteiger charge is 2.02. The number of hydrogen-bond acceptors (Lipinski definition) is 2. The summed E-state index contributed by atoms with van der Waals surface area (Å²) < 4.78 is 5.54. The summed E-state index contributed by atoms with van der Waals surface area (Å²) in [5.41, 5.74) is 10.4. The van der Waals surface area contributed by atoms with E-state index in [2.05, 4.69) is 4.99 Å². The minimum Gasteiger partial charge on any atom is -0.489 e. The van der Waals surface area contributed by atoms with E-state index in [0.717, 1.165) is 5.75 Å². The van der Waals surface area contributed by atoms with Crippen LogP contribution in [-0.4, -0.2) is 18.6 Å². The topological polar surface area (TPSA) is 73.6 Å². The van der Waals surface area contributed by atoms with Crippen molar-refractivity contribution < 1.29 is 4.74 Å². The molecule has 1 atom stereocenters. The van der Waals surface area contributed by atoms with Crippen LogP contribution in [0.2, 0.25) is 5.02 Å². The number of hydrogen-bond donors (Lipinski definition) is 2.